The van der Waals surface area contributed by atoms with Crippen molar-refractivity contribution < 1.29 is 29.3 Å². The Morgan fingerprint density at radius 3 is 2.00 bits per heavy atom. The van der Waals surface area contributed by atoms with E-state index in [0.29, 0.717) is 0 Å². The molecule has 32 heavy (non-hydrogen) atoms. The summed E-state index contributed by atoms with van der Waals surface area (Å²) < 4.78 is 5.48. The van der Waals surface area contributed by atoms with Crippen LogP contribution in [0.15, 0.2) is 48.5 Å². The SMILES string of the molecule is CC(C)CC(NC(=O)OCC1c2ccccc2-c2ccccc21)C(=O)NC(CO)C(=O)O. The van der Waals surface area contributed by atoms with Crippen molar-refractivity contribution >= 4 is 18.0 Å². The van der Waals surface area contributed by atoms with E-state index in [1.807, 2.05) is 62.4 Å². The lowest BCUT2D eigenvalue weighted by Crippen LogP contribution is -2.53. The minimum atomic E-state index is -1.44. The standard InChI is InChI=1S/C24H28N2O6/c1-14(2)11-20(22(28)25-21(12-27)23(29)30)26-24(31)32-13-19-17-9-5-3-7-15(17)16-8-4-6-10-18(16)19/h3-10,14,19-21,27H,11-13H2,1-2H3,(H,25,28)(H,26,31)(H,29,30). The van der Waals surface area contributed by atoms with Crippen molar-refractivity contribution in [2.24, 2.45) is 5.92 Å². The molecular weight excluding hydrogens is 412 g/mol. The van der Waals surface area contributed by atoms with Gasteiger partial charge in [0.05, 0.1) is 6.61 Å². The molecule has 2 aromatic carbocycles. The Morgan fingerprint density at radius 2 is 1.50 bits per heavy atom. The van der Waals surface area contributed by atoms with Crippen LogP contribution in [0.2, 0.25) is 0 Å². The van der Waals surface area contributed by atoms with Crippen LogP contribution in [0, 0.1) is 5.92 Å². The molecule has 0 aliphatic heterocycles. The normalized spacial score (nSPS) is 14.2. The van der Waals surface area contributed by atoms with E-state index >= 15 is 0 Å². The molecule has 0 heterocycles. The Labute approximate surface area is 186 Å². The zero-order valence-electron chi connectivity index (χ0n) is 18.1. The summed E-state index contributed by atoms with van der Waals surface area (Å²) in [5, 5.41) is 23.0. The zero-order valence-corrected chi connectivity index (χ0v) is 18.1. The molecule has 0 bridgehead atoms. The Kier molecular flexibility index (Phi) is 7.48. The van der Waals surface area contributed by atoms with E-state index in [1.54, 1.807) is 0 Å². The minimum Gasteiger partial charge on any atom is -0.480 e. The van der Waals surface area contributed by atoms with Gasteiger partial charge in [0.25, 0.3) is 0 Å². The van der Waals surface area contributed by atoms with Gasteiger partial charge >= 0.3 is 12.1 Å². The lowest BCUT2D eigenvalue weighted by Gasteiger charge is -2.22. The molecule has 0 saturated carbocycles. The Morgan fingerprint density at radius 1 is 0.938 bits per heavy atom. The highest BCUT2D eigenvalue weighted by Gasteiger charge is 2.30. The van der Waals surface area contributed by atoms with Crippen molar-refractivity contribution in [1.82, 2.24) is 10.6 Å². The summed E-state index contributed by atoms with van der Waals surface area (Å²) in [6.45, 7) is 3.10. The van der Waals surface area contributed by atoms with Crippen molar-refractivity contribution in [3.05, 3.63) is 59.7 Å². The van der Waals surface area contributed by atoms with E-state index in [1.165, 1.54) is 0 Å². The molecule has 0 spiro atoms. The van der Waals surface area contributed by atoms with Gasteiger partial charge in [-0.25, -0.2) is 9.59 Å². The van der Waals surface area contributed by atoms with E-state index in [0.717, 1.165) is 22.3 Å². The van der Waals surface area contributed by atoms with Gasteiger partial charge in [0.2, 0.25) is 5.91 Å². The van der Waals surface area contributed by atoms with Crippen molar-refractivity contribution in [2.75, 3.05) is 13.2 Å². The average molecular weight is 440 g/mol. The number of benzene rings is 2. The van der Waals surface area contributed by atoms with Crippen LogP contribution < -0.4 is 10.6 Å². The van der Waals surface area contributed by atoms with Crippen LogP contribution in [0.4, 0.5) is 4.79 Å². The molecule has 2 amide bonds. The third-order valence-corrected chi connectivity index (χ3v) is 5.46. The van der Waals surface area contributed by atoms with Gasteiger partial charge in [-0.15, -0.1) is 0 Å². The maximum absolute atomic E-state index is 12.5. The molecular formula is C24H28N2O6. The zero-order chi connectivity index (χ0) is 23.3. The molecule has 0 aromatic heterocycles. The monoisotopic (exact) mass is 440 g/mol. The van der Waals surface area contributed by atoms with Crippen molar-refractivity contribution in [2.45, 2.75) is 38.3 Å². The lowest BCUT2D eigenvalue weighted by molar-refractivity contribution is -0.143. The predicted octanol–water partition coefficient (Wildman–Crippen LogP) is 2.50. The summed E-state index contributed by atoms with van der Waals surface area (Å²) >= 11 is 0. The number of rotatable bonds is 9. The Balaban J connectivity index is 1.67. The third kappa shape index (κ3) is 5.26. The lowest BCUT2D eigenvalue weighted by atomic mass is 9.98. The summed E-state index contributed by atoms with van der Waals surface area (Å²) in [4.78, 5) is 36.1. The van der Waals surface area contributed by atoms with Gasteiger partial charge in [0, 0.05) is 5.92 Å². The number of hydrogen-bond donors (Lipinski definition) is 4. The third-order valence-electron chi connectivity index (χ3n) is 5.46. The second-order valence-corrected chi connectivity index (χ2v) is 8.23. The molecule has 1 aliphatic rings. The van der Waals surface area contributed by atoms with Crippen molar-refractivity contribution in [3.63, 3.8) is 0 Å². The van der Waals surface area contributed by atoms with Crippen LogP contribution >= 0.6 is 0 Å². The number of nitrogens with one attached hydrogen (secondary N) is 2. The van der Waals surface area contributed by atoms with E-state index in [4.69, 9.17) is 14.9 Å². The van der Waals surface area contributed by atoms with Gasteiger partial charge in [0.15, 0.2) is 0 Å². The molecule has 2 unspecified atom stereocenters. The van der Waals surface area contributed by atoms with Crippen LogP contribution in [0.25, 0.3) is 11.1 Å². The fourth-order valence-electron chi connectivity index (χ4n) is 3.94. The minimum absolute atomic E-state index is 0.0528. The van der Waals surface area contributed by atoms with Crippen molar-refractivity contribution in [3.8, 4) is 11.1 Å². The molecule has 1 aliphatic carbocycles. The Bertz CT molecular complexity index is 944. The van der Waals surface area contributed by atoms with Crippen LogP contribution in [-0.4, -0.2) is 53.5 Å². The summed E-state index contributed by atoms with van der Waals surface area (Å²) in [5.41, 5.74) is 4.37. The number of ether oxygens (including phenoxy) is 1. The molecule has 0 radical (unpaired) electrons. The van der Waals surface area contributed by atoms with Crippen LogP contribution in [0.5, 0.6) is 0 Å². The summed E-state index contributed by atoms with van der Waals surface area (Å²) in [5.74, 6) is -2.10. The summed E-state index contributed by atoms with van der Waals surface area (Å²) in [6.07, 6.45) is -0.475. The Hall–Kier alpha value is -3.39. The molecule has 4 N–H and O–H groups in total. The molecule has 3 rings (SSSR count). The van der Waals surface area contributed by atoms with Gasteiger partial charge in [-0.3, -0.25) is 4.79 Å². The van der Waals surface area contributed by atoms with Gasteiger partial charge in [-0.2, -0.15) is 0 Å². The van der Waals surface area contributed by atoms with Crippen LogP contribution in [-0.2, 0) is 14.3 Å². The smallest absolute Gasteiger partial charge is 0.407 e. The summed E-state index contributed by atoms with van der Waals surface area (Å²) in [7, 11) is 0. The first-order chi connectivity index (χ1) is 15.3. The van der Waals surface area contributed by atoms with Gasteiger partial charge < -0.3 is 25.6 Å². The predicted molar refractivity (Wildman–Crippen MR) is 118 cm³/mol. The fourth-order valence-corrected chi connectivity index (χ4v) is 3.94. The van der Waals surface area contributed by atoms with Crippen LogP contribution in [0.3, 0.4) is 0 Å². The average Bonchev–Trinajstić information content (AvgIpc) is 3.08. The molecule has 8 nitrogen and oxygen atoms in total. The fraction of sp³-hybridized carbons (Fsp3) is 0.375. The second-order valence-electron chi connectivity index (χ2n) is 8.23. The van der Waals surface area contributed by atoms with E-state index in [9.17, 15) is 14.4 Å². The van der Waals surface area contributed by atoms with E-state index in [-0.39, 0.29) is 24.9 Å². The van der Waals surface area contributed by atoms with Crippen molar-refractivity contribution in [1.29, 1.82) is 0 Å². The number of aliphatic carboxylic acids is 1. The van der Waals surface area contributed by atoms with Gasteiger partial charge in [-0.1, -0.05) is 62.4 Å². The van der Waals surface area contributed by atoms with Gasteiger partial charge in [-0.05, 0) is 34.6 Å². The maximum Gasteiger partial charge on any atom is 0.407 e. The molecule has 2 aromatic rings. The number of aliphatic hydroxyl groups is 1. The second kappa shape index (κ2) is 10.3. The number of carboxylic acids is 1. The number of carbonyl (C=O) groups is 3. The van der Waals surface area contributed by atoms with E-state index < -0.39 is 36.7 Å². The number of carboxylic acid groups (broad SMARTS) is 1. The topological polar surface area (TPSA) is 125 Å². The first kappa shape index (κ1) is 23.3. The number of amides is 2. The number of alkyl carbamates (subject to hydrolysis) is 1. The van der Waals surface area contributed by atoms with Gasteiger partial charge in [0.1, 0.15) is 18.7 Å². The van der Waals surface area contributed by atoms with E-state index in [2.05, 4.69) is 10.6 Å². The number of hydrogen-bond acceptors (Lipinski definition) is 5. The van der Waals surface area contributed by atoms with Crippen LogP contribution in [0.1, 0.15) is 37.3 Å². The molecule has 2 atom stereocenters. The first-order valence-corrected chi connectivity index (χ1v) is 10.6. The first-order valence-electron chi connectivity index (χ1n) is 10.6. The molecule has 0 fully saturated rings. The highest BCUT2D eigenvalue weighted by atomic mass is 16.5. The number of fused-ring (bicyclic) bond motifs is 3. The highest BCUT2D eigenvalue weighted by Crippen LogP contribution is 2.44. The highest BCUT2D eigenvalue weighted by molar-refractivity contribution is 5.89. The molecule has 170 valence electrons. The number of carbonyl (C=O) groups excluding carboxylic acids is 2. The summed E-state index contributed by atoms with van der Waals surface area (Å²) in [6, 6.07) is 13.5. The quantitative estimate of drug-likeness (QED) is 0.475. The largest absolute Gasteiger partial charge is 0.480 e. The number of aliphatic hydroxyl groups excluding tert-OH is 1. The maximum atomic E-state index is 12.5. The molecule has 0 saturated heterocycles. The molecule has 8 heteroatoms.